The second-order valence-electron chi connectivity index (χ2n) is 9.20. The first-order chi connectivity index (χ1) is 16.8. The number of nitrogens with zero attached hydrogens (tertiary/aromatic N) is 6. The molecule has 0 bridgehead atoms. The molecule has 0 radical (unpaired) electrons. The second kappa shape index (κ2) is 10.5. The van der Waals surface area contributed by atoms with E-state index in [9.17, 15) is 0 Å². The summed E-state index contributed by atoms with van der Waals surface area (Å²) in [5.41, 5.74) is 2.23. The molecule has 180 valence electrons. The highest BCUT2D eigenvalue weighted by Crippen LogP contribution is 2.37. The number of aromatic nitrogens is 4. The predicted molar refractivity (Wildman–Crippen MR) is 130 cm³/mol. The number of benzene rings is 2. The summed E-state index contributed by atoms with van der Waals surface area (Å²) >= 11 is 0. The molecule has 0 amide bonds. The molecule has 1 aromatic heterocycles. The first-order valence-electron chi connectivity index (χ1n) is 12.3. The molecule has 8 nitrogen and oxygen atoms in total. The maximum Gasteiger partial charge on any atom is 0.173 e. The van der Waals surface area contributed by atoms with E-state index in [-0.39, 0.29) is 6.04 Å². The fourth-order valence-corrected chi connectivity index (χ4v) is 5.45. The third-order valence-electron chi connectivity index (χ3n) is 7.27. The molecule has 2 aromatic carbocycles. The van der Waals surface area contributed by atoms with E-state index in [1.165, 1.54) is 31.2 Å². The van der Waals surface area contributed by atoms with E-state index in [0.717, 1.165) is 55.1 Å². The van der Waals surface area contributed by atoms with Crippen LogP contribution in [0.2, 0.25) is 0 Å². The van der Waals surface area contributed by atoms with Crippen LogP contribution in [0.25, 0.3) is 0 Å². The third-order valence-corrected chi connectivity index (χ3v) is 7.27. The summed E-state index contributed by atoms with van der Waals surface area (Å²) in [5.74, 6) is 2.40. The van der Waals surface area contributed by atoms with Gasteiger partial charge in [-0.05, 0) is 41.0 Å². The molecule has 2 aliphatic rings. The summed E-state index contributed by atoms with van der Waals surface area (Å²) in [6.45, 7) is 4.70. The van der Waals surface area contributed by atoms with Gasteiger partial charge in [0, 0.05) is 43.9 Å². The molecule has 2 heterocycles. The van der Waals surface area contributed by atoms with E-state index in [2.05, 4.69) is 43.5 Å². The zero-order valence-electron chi connectivity index (χ0n) is 20.1. The van der Waals surface area contributed by atoms with Gasteiger partial charge >= 0.3 is 0 Å². The van der Waals surface area contributed by atoms with Crippen molar-refractivity contribution in [2.24, 2.45) is 0 Å². The minimum atomic E-state index is -0.106. The fourth-order valence-electron chi connectivity index (χ4n) is 5.45. The zero-order chi connectivity index (χ0) is 23.3. The van der Waals surface area contributed by atoms with Gasteiger partial charge in [-0.2, -0.15) is 0 Å². The zero-order valence-corrected chi connectivity index (χ0v) is 20.1. The van der Waals surface area contributed by atoms with E-state index in [0.29, 0.717) is 6.54 Å². The number of rotatable bonds is 8. The Morgan fingerprint density at radius 2 is 1.71 bits per heavy atom. The number of methoxy groups -OCH3 is 2. The van der Waals surface area contributed by atoms with Gasteiger partial charge in [-0.15, -0.1) is 5.10 Å². The van der Waals surface area contributed by atoms with E-state index < -0.39 is 0 Å². The van der Waals surface area contributed by atoms with Crippen LogP contribution in [0.15, 0.2) is 48.5 Å². The Labute approximate surface area is 201 Å². The lowest BCUT2D eigenvalue weighted by Gasteiger charge is -2.41. The molecule has 3 aromatic rings. The molecule has 0 N–H and O–H groups in total. The van der Waals surface area contributed by atoms with Crippen molar-refractivity contribution in [1.82, 2.24) is 30.0 Å². The fraction of sp³-hybridized carbons (Fsp3) is 0.500. The van der Waals surface area contributed by atoms with Gasteiger partial charge < -0.3 is 9.47 Å². The Bertz CT molecular complexity index is 1060. The van der Waals surface area contributed by atoms with Crippen LogP contribution in [0, 0.1) is 0 Å². The normalized spacial score (nSPS) is 18.8. The van der Waals surface area contributed by atoms with Crippen molar-refractivity contribution >= 4 is 0 Å². The number of piperazine rings is 1. The molecule has 1 aliphatic heterocycles. The number of tetrazole rings is 1. The van der Waals surface area contributed by atoms with E-state index >= 15 is 0 Å². The molecule has 0 spiro atoms. The molecule has 2 fully saturated rings. The molecule has 1 atom stereocenters. The van der Waals surface area contributed by atoms with Gasteiger partial charge in [0.05, 0.1) is 20.8 Å². The smallest absolute Gasteiger partial charge is 0.173 e. The monoisotopic (exact) mass is 462 g/mol. The van der Waals surface area contributed by atoms with Crippen molar-refractivity contribution in [2.75, 3.05) is 40.4 Å². The van der Waals surface area contributed by atoms with E-state index in [4.69, 9.17) is 9.47 Å². The maximum atomic E-state index is 5.82. The molecular weight excluding hydrogens is 428 g/mol. The first-order valence-corrected chi connectivity index (χ1v) is 12.3. The van der Waals surface area contributed by atoms with Crippen LogP contribution in [0.5, 0.6) is 11.5 Å². The number of ether oxygens (including phenoxy) is 2. The van der Waals surface area contributed by atoms with E-state index in [1.807, 2.05) is 35.0 Å². The third kappa shape index (κ3) is 4.79. The number of hydrogen-bond donors (Lipinski definition) is 0. The van der Waals surface area contributed by atoms with Crippen LogP contribution in [0.3, 0.4) is 0 Å². The Morgan fingerprint density at radius 3 is 2.41 bits per heavy atom. The Morgan fingerprint density at radius 1 is 0.941 bits per heavy atom. The minimum Gasteiger partial charge on any atom is -0.497 e. The largest absolute Gasteiger partial charge is 0.497 e. The highest BCUT2D eigenvalue weighted by Gasteiger charge is 2.34. The molecule has 1 aliphatic carbocycles. The first kappa shape index (κ1) is 22.8. The van der Waals surface area contributed by atoms with Crippen LogP contribution < -0.4 is 9.47 Å². The molecule has 34 heavy (non-hydrogen) atoms. The molecule has 1 saturated heterocycles. The van der Waals surface area contributed by atoms with Gasteiger partial charge in [-0.25, -0.2) is 4.68 Å². The van der Waals surface area contributed by atoms with Crippen LogP contribution >= 0.6 is 0 Å². The van der Waals surface area contributed by atoms with Gasteiger partial charge in [0.15, 0.2) is 5.82 Å². The molecule has 0 unspecified atom stereocenters. The summed E-state index contributed by atoms with van der Waals surface area (Å²) in [7, 11) is 3.38. The van der Waals surface area contributed by atoms with Gasteiger partial charge in [0.2, 0.25) is 0 Å². The average Bonchev–Trinajstić information content (AvgIpc) is 3.59. The summed E-state index contributed by atoms with van der Waals surface area (Å²) in [6, 6.07) is 17.0. The molecule has 1 saturated carbocycles. The van der Waals surface area contributed by atoms with Crippen molar-refractivity contribution in [2.45, 2.75) is 44.3 Å². The van der Waals surface area contributed by atoms with Crippen LogP contribution in [0.4, 0.5) is 0 Å². The number of hydrogen-bond acceptors (Lipinski definition) is 7. The average molecular weight is 463 g/mol. The molecule has 5 rings (SSSR count). The minimum absolute atomic E-state index is 0.106. The van der Waals surface area contributed by atoms with Gasteiger partial charge in [-0.1, -0.05) is 43.2 Å². The SMILES string of the molecule is COc1ccc([C@H](c2nnnn2Cc2ccccc2)N2CCN(C3CCCC3)CC2)c(OC)c1. The van der Waals surface area contributed by atoms with Crippen molar-refractivity contribution in [3.63, 3.8) is 0 Å². The lowest BCUT2D eigenvalue weighted by Crippen LogP contribution is -2.51. The van der Waals surface area contributed by atoms with Crippen LogP contribution in [-0.4, -0.2) is 76.4 Å². The van der Waals surface area contributed by atoms with Crippen LogP contribution in [-0.2, 0) is 6.54 Å². The van der Waals surface area contributed by atoms with E-state index in [1.54, 1.807) is 14.2 Å². The van der Waals surface area contributed by atoms with Crippen molar-refractivity contribution in [1.29, 1.82) is 0 Å². The maximum absolute atomic E-state index is 5.82. The Balaban J connectivity index is 1.47. The van der Waals surface area contributed by atoms with Crippen molar-refractivity contribution in [3.8, 4) is 11.5 Å². The lowest BCUT2D eigenvalue weighted by atomic mass is 10.0. The Kier molecular flexibility index (Phi) is 7.06. The van der Waals surface area contributed by atoms with Gasteiger partial charge in [-0.3, -0.25) is 9.80 Å². The standard InChI is InChI=1S/C26H34N6O2/c1-33-22-12-13-23(24(18-22)34-2)25(31-16-14-30(15-17-31)21-10-6-7-11-21)26-27-28-29-32(26)19-20-8-4-3-5-9-20/h3-5,8-9,12-13,18,21,25H,6-7,10-11,14-17,19H2,1-2H3/t25-/m1/s1. The lowest BCUT2D eigenvalue weighted by molar-refractivity contribution is 0.0764. The summed E-state index contributed by atoms with van der Waals surface area (Å²) < 4.78 is 13.2. The Hall–Kier alpha value is -2.97. The van der Waals surface area contributed by atoms with Crippen LogP contribution in [0.1, 0.15) is 48.7 Å². The molecule has 8 heteroatoms. The topological polar surface area (TPSA) is 68.5 Å². The van der Waals surface area contributed by atoms with Crippen molar-refractivity contribution < 1.29 is 9.47 Å². The quantitative estimate of drug-likeness (QED) is 0.508. The second-order valence-corrected chi connectivity index (χ2v) is 9.20. The molecular formula is C26H34N6O2. The highest BCUT2D eigenvalue weighted by molar-refractivity contribution is 5.44. The summed E-state index contributed by atoms with van der Waals surface area (Å²) in [5, 5.41) is 13.0. The van der Waals surface area contributed by atoms with Gasteiger partial charge in [0.25, 0.3) is 0 Å². The summed E-state index contributed by atoms with van der Waals surface area (Å²) in [4.78, 5) is 5.18. The van der Waals surface area contributed by atoms with Gasteiger partial charge in [0.1, 0.15) is 17.5 Å². The highest BCUT2D eigenvalue weighted by atomic mass is 16.5. The van der Waals surface area contributed by atoms with Crippen molar-refractivity contribution in [3.05, 3.63) is 65.5 Å². The predicted octanol–water partition coefficient (Wildman–Crippen LogP) is 3.39. The summed E-state index contributed by atoms with van der Waals surface area (Å²) in [6.07, 6.45) is 5.41.